The van der Waals surface area contributed by atoms with Crippen LogP contribution in [0.5, 0.6) is 0 Å². The number of rotatable bonds is 3. The summed E-state index contributed by atoms with van der Waals surface area (Å²) < 4.78 is 4.78. The Hall–Kier alpha value is -1.22. The molecule has 0 fully saturated rings. The van der Waals surface area contributed by atoms with Crippen molar-refractivity contribution in [2.24, 2.45) is 0 Å². The SMILES string of the molecule is CCOC(=O)/C=C/c1ccc(C)cc1S. The average molecular weight is 222 g/mol. The zero-order valence-electron chi connectivity index (χ0n) is 8.86. The van der Waals surface area contributed by atoms with Gasteiger partial charge in [-0.1, -0.05) is 12.1 Å². The molecule has 0 spiro atoms. The van der Waals surface area contributed by atoms with E-state index in [9.17, 15) is 4.79 Å². The summed E-state index contributed by atoms with van der Waals surface area (Å²) in [4.78, 5) is 11.9. The molecular weight excluding hydrogens is 208 g/mol. The van der Waals surface area contributed by atoms with Crippen LogP contribution < -0.4 is 0 Å². The van der Waals surface area contributed by atoms with E-state index in [0.717, 1.165) is 16.0 Å². The van der Waals surface area contributed by atoms with Gasteiger partial charge in [0.25, 0.3) is 0 Å². The van der Waals surface area contributed by atoms with Gasteiger partial charge in [0.1, 0.15) is 0 Å². The first-order valence-corrected chi connectivity index (χ1v) is 5.22. The average Bonchev–Trinajstić information content (AvgIpc) is 2.17. The summed E-state index contributed by atoms with van der Waals surface area (Å²) in [5.41, 5.74) is 2.06. The molecule has 0 radical (unpaired) electrons. The van der Waals surface area contributed by atoms with Gasteiger partial charge in [-0.3, -0.25) is 0 Å². The van der Waals surface area contributed by atoms with Gasteiger partial charge in [-0.2, -0.15) is 0 Å². The lowest BCUT2D eigenvalue weighted by atomic mass is 10.1. The van der Waals surface area contributed by atoms with Gasteiger partial charge < -0.3 is 4.74 Å². The maximum absolute atomic E-state index is 11.1. The minimum Gasteiger partial charge on any atom is -0.463 e. The molecule has 3 heteroatoms. The Bertz CT molecular complexity index is 383. The largest absolute Gasteiger partial charge is 0.463 e. The minimum absolute atomic E-state index is 0.328. The van der Waals surface area contributed by atoms with Gasteiger partial charge >= 0.3 is 5.97 Å². The smallest absolute Gasteiger partial charge is 0.330 e. The molecule has 0 aliphatic carbocycles. The molecule has 2 nitrogen and oxygen atoms in total. The summed E-state index contributed by atoms with van der Waals surface area (Å²) in [5.74, 6) is -0.328. The van der Waals surface area contributed by atoms with E-state index < -0.39 is 0 Å². The highest BCUT2D eigenvalue weighted by atomic mass is 32.1. The van der Waals surface area contributed by atoms with Gasteiger partial charge in [0.05, 0.1) is 6.61 Å². The summed E-state index contributed by atoms with van der Waals surface area (Å²) in [5, 5.41) is 0. The Morgan fingerprint density at radius 2 is 2.27 bits per heavy atom. The van der Waals surface area contributed by atoms with Gasteiger partial charge in [-0.15, -0.1) is 12.6 Å². The Morgan fingerprint density at radius 1 is 1.53 bits per heavy atom. The van der Waals surface area contributed by atoms with Crippen LogP contribution in [-0.2, 0) is 9.53 Å². The minimum atomic E-state index is -0.328. The number of esters is 1. The Balaban J connectivity index is 2.76. The van der Waals surface area contributed by atoms with Crippen molar-refractivity contribution < 1.29 is 9.53 Å². The van der Waals surface area contributed by atoms with Crippen molar-refractivity contribution >= 4 is 24.7 Å². The molecule has 0 aliphatic rings. The first kappa shape index (κ1) is 11.9. The van der Waals surface area contributed by atoms with Crippen molar-refractivity contribution in [3.8, 4) is 0 Å². The maximum atomic E-state index is 11.1. The molecule has 0 atom stereocenters. The number of benzene rings is 1. The van der Waals surface area contributed by atoms with E-state index in [2.05, 4.69) is 12.6 Å². The van der Waals surface area contributed by atoms with E-state index in [1.807, 2.05) is 25.1 Å². The van der Waals surface area contributed by atoms with Crippen LogP contribution >= 0.6 is 12.6 Å². The zero-order valence-corrected chi connectivity index (χ0v) is 9.75. The topological polar surface area (TPSA) is 26.3 Å². The van der Waals surface area contributed by atoms with E-state index in [1.165, 1.54) is 6.08 Å². The standard InChI is InChI=1S/C12H14O2S/c1-3-14-12(13)7-6-10-5-4-9(2)8-11(10)15/h4-8,15H,3H2,1-2H3/b7-6+. The highest BCUT2D eigenvalue weighted by Crippen LogP contribution is 2.16. The predicted octanol–water partition coefficient (Wildman–Crippen LogP) is 2.86. The molecule has 1 aromatic rings. The van der Waals surface area contributed by atoms with Gasteiger partial charge in [0, 0.05) is 11.0 Å². The van der Waals surface area contributed by atoms with Crippen molar-refractivity contribution in [2.75, 3.05) is 6.61 Å². The zero-order chi connectivity index (χ0) is 11.3. The van der Waals surface area contributed by atoms with Crippen molar-refractivity contribution in [1.82, 2.24) is 0 Å². The Kier molecular flexibility index (Phi) is 4.43. The molecule has 0 saturated carbocycles. The lowest BCUT2D eigenvalue weighted by molar-refractivity contribution is -0.137. The fourth-order valence-corrected chi connectivity index (χ4v) is 1.50. The van der Waals surface area contributed by atoms with Crippen LogP contribution in [-0.4, -0.2) is 12.6 Å². The van der Waals surface area contributed by atoms with Gasteiger partial charge in [0.15, 0.2) is 0 Å². The molecule has 80 valence electrons. The first-order valence-electron chi connectivity index (χ1n) is 4.78. The highest BCUT2D eigenvalue weighted by Gasteiger charge is 1.97. The summed E-state index contributed by atoms with van der Waals surface area (Å²) >= 11 is 4.32. The van der Waals surface area contributed by atoms with Crippen LogP contribution in [0.3, 0.4) is 0 Å². The van der Waals surface area contributed by atoms with Crippen LogP contribution in [0.4, 0.5) is 0 Å². The third kappa shape index (κ3) is 3.80. The summed E-state index contributed by atoms with van der Waals surface area (Å²) in [6, 6.07) is 5.85. The number of hydrogen-bond donors (Lipinski definition) is 1. The Labute approximate surface area is 95.4 Å². The summed E-state index contributed by atoms with van der Waals surface area (Å²) in [6.45, 7) is 4.17. The number of thiol groups is 1. The van der Waals surface area contributed by atoms with E-state index >= 15 is 0 Å². The predicted molar refractivity (Wildman–Crippen MR) is 64.1 cm³/mol. The second-order valence-corrected chi connectivity index (χ2v) is 3.63. The third-order valence-electron chi connectivity index (χ3n) is 1.87. The molecule has 15 heavy (non-hydrogen) atoms. The number of carbonyl (C=O) groups excluding carboxylic acids is 1. The van der Waals surface area contributed by atoms with Gasteiger partial charge in [-0.05, 0) is 37.1 Å². The first-order chi connectivity index (χ1) is 7.13. The van der Waals surface area contributed by atoms with E-state index in [1.54, 1.807) is 13.0 Å². The Morgan fingerprint density at radius 3 is 2.87 bits per heavy atom. The number of ether oxygens (including phenoxy) is 1. The second kappa shape index (κ2) is 5.61. The maximum Gasteiger partial charge on any atom is 0.330 e. The second-order valence-electron chi connectivity index (χ2n) is 3.15. The fourth-order valence-electron chi connectivity index (χ4n) is 1.14. The normalized spacial score (nSPS) is 10.6. The van der Waals surface area contributed by atoms with Crippen molar-refractivity contribution in [2.45, 2.75) is 18.7 Å². The number of aryl methyl sites for hydroxylation is 1. The quantitative estimate of drug-likeness (QED) is 0.483. The molecule has 1 aromatic carbocycles. The molecule has 0 amide bonds. The van der Waals surface area contributed by atoms with Crippen LogP contribution in [0.15, 0.2) is 29.2 Å². The van der Waals surface area contributed by atoms with Crippen LogP contribution in [0, 0.1) is 6.92 Å². The number of hydrogen-bond acceptors (Lipinski definition) is 3. The molecule has 0 heterocycles. The number of carbonyl (C=O) groups is 1. The molecule has 0 unspecified atom stereocenters. The highest BCUT2D eigenvalue weighted by molar-refractivity contribution is 7.80. The molecule has 0 aliphatic heterocycles. The lowest BCUT2D eigenvalue weighted by Crippen LogP contribution is -1.98. The molecule has 0 bridgehead atoms. The van der Waals surface area contributed by atoms with Crippen molar-refractivity contribution in [3.05, 3.63) is 35.4 Å². The molecular formula is C12H14O2S. The van der Waals surface area contributed by atoms with Gasteiger partial charge in [0.2, 0.25) is 0 Å². The molecule has 0 aromatic heterocycles. The van der Waals surface area contributed by atoms with Crippen molar-refractivity contribution in [1.29, 1.82) is 0 Å². The third-order valence-corrected chi connectivity index (χ3v) is 2.26. The van der Waals surface area contributed by atoms with Crippen LogP contribution in [0.1, 0.15) is 18.1 Å². The van der Waals surface area contributed by atoms with E-state index in [4.69, 9.17) is 4.74 Å². The van der Waals surface area contributed by atoms with Crippen LogP contribution in [0.2, 0.25) is 0 Å². The van der Waals surface area contributed by atoms with Crippen molar-refractivity contribution in [3.63, 3.8) is 0 Å². The summed E-state index contributed by atoms with van der Waals surface area (Å²) in [6.07, 6.45) is 3.12. The van der Waals surface area contributed by atoms with Crippen LogP contribution in [0.25, 0.3) is 6.08 Å². The van der Waals surface area contributed by atoms with E-state index in [-0.39, 0.29) is 5.97 Å². The van der Waals surface area contributed by atoms with E-state index in [0.29, 0.717) is 6.61 Å². The molecule has 1 rings (SSSR count). The molecule has 0 saturated heterocycles. The fraction of sp³-hybridized carbons (Fsp3) is 0.250. The lowest BCUT2D eigenvalue weighted by Gasteiger charge is -2.00. The van der Waals surface area contributed by atoms with Gasteiger partial charge in [-0.25, -0.2) is 4.79 Å². The summed E-state index contributed by atoms with van der Waals surface area (Å²) in [7, 11) is 0. The monoisotopic (exact) mass is 222 g/mol. The molecule has 0 N–H and O–H groups in total.